The van der Waals surface area contributed by atoms with Crippen molar-refractivity contribution >= 4 is 17.6 Å². The molecule has 2 aromatic heterocycles. The molecule has 1 saturated heterocycles. The molecule has 0 aliphatic carbocycles. The Hall–Kier alpha value is -2.61. The minimum atomic E-state index is -0.737. The standard InChI is InChI=1S/C16H20N4O4/c21-15(16(22)18-14-5-9-24-19-14)17-10-12-3-6-20(7-4-12)11-13-2-1-8-23-13/h1-2,5,8-9,12H,3-4,6-7,10-11H2,(H,17,21)(H,18,19,22). The zero-order valence-corrected chi connectivity index (χ0v) is 13.2. The van der Waals surface area contributed by atoms with Crippen LogP contribution in [0.2, 0.25) is 0 Å². The topological polar surface area (TPSA) is 101 Å². The third kappa shape index (κ3) is 4.45. The molecule has 2 amide bonds. The lowest BCUT2D eigenvalue weighted by Crippen LogP contribution is -2.41. The number of nitrogens with one attached hydrogen (secondary N) is 2. The Morgan fingerprint density at radius 3 is 2.71 bits per heavy atom. The van der Waals surface area contributed by atoms with E-state index < -0.39 is 11.8 Å². The smallest absolute Gasteiger partial charge is 0.314 e. The highest BCUT2D eigenvalue weighted by atomic mass is 16.5. The van der Waals surface area contributed by atoms with E-state index in [1.807, 2.05) is 12.1 Å². The summed E-state index contributed by atoms with van der Waals surface area (Å²) in [5.74, 6) is 0.171. The van der Waals surface area contributed by atoms with Gasteiger partial charge < -0.3 is 14.3 Å². The number of carbonyl (C=O) groups excluding carboxylic acids is 2. The zero-order chi connectivity index (χ0) is 16.8. The molecule has 0 saturated carbocycles. The molecule has 0 aromatic carbocycles. The van der Waals surface area contributed by atoms with Gasteiger partial charge in [-0.1, -0.05) is 5.16 Å². The maximum atomic E-state index is 11.8. The second-order valence-corrected chi connectivity index (χ2v) is 5.85. The minimum absolute atomic E-state index is 0.224. The lowest BCUT2D eigenvalue weighted by atomic mass is 9.96. The van der Waals surface area contributed by atoms with Gasteiger partial charge in [-0.3, -0.25) is 19.8 Å². The van der Waals surface area contributed by atoms with Gasteiger partial charge in [-0.2, -0.15) is 0 Å². The van der Waals surface area contributed by atoms with Gasteiger partial charge >= 0.3 is 11.8 Å². The molecule has 1 aliphatic heterocycles. The summed E-state index contributed by atoms with van der Waals surface area (Å²) in [6.07, 6.45) is 4.96. The van der Waals surface area contributed by atoms with E-state index in [9.17, 15) is 9.59 Å². The largest absolute Gasteiger partial charge is 0.468 e. The fourth-order valence-corrected chi connectivity index (χ4v) is 2.74. The fourth-order valence-electron chi connectivity index (χ4n) is 2.74. The van der Waals surface area contributed by atoms with E-state index in [0.29, 0.717) is 12.5 Å². The number of piperidine rings is 1. The van der Waals surface area contributed by atoms with Crippen molar-refractivity contribution in [2.45, 2.75) is 19.4 Å². The molecule has 0 atom stereocenters. The first-order valence-electron chi connectivity index (χ1n) is 7.95. The van der Waals surface area contributed by atoms with Crippen LogP contribution in [0, 0.1) is 5.92 Å². The van der Waals surface area contributed by atoms with Crippen molar-refractivity contribution in [2.75, 3.05) is 25.0 Å². The molecule has 8 heteroatoms. The van der Waals surface area contributed by atoms with Crippen LogP contribution in [-0.2, 0) is 16.1 Å². The van der Waals surface area contributed by atoms with Crippen LogP contribution in [0.3, 0.4) is 0 Å². The number of hydrogen-bond donors (Lipinski definition) is 2. The Balaban J connectivity index is 1.35. The van der Waals surface area contributed by atoms with Crippen LogP contribution < -0.4 is 10.6 Å². The molecule has 0 bridgehead atoms. The van der Waals surface area contributed by atoms with Crippen molar-refractivity contribution in [1.82, 2.24) is 15.4 Å². The Kier molecular flexibility index (Phi) is 5.27. The lowest BCUT2D eigenvalue weighted by molar-refractivity contribution is -0.136. The molecule has 3 heterocycles. The molecular formula is C16H20N4O4. The predicted octanol–water partition coefficient (Wildman–Crippen LogP) is 1.23. The minimum Gasteiger partial charge on any atom is -0.468 e. The summed E-state index contributed by atoms with van der Waals surface area (Å²) in [5, 5.41) is 8.57. The van der Waals surface area contributed by atoms with Gasteiger partial charge in [-0.15, -0.1) is 0 Å². The molecule has 8 nitrogen and oxygen atoms in total. The maximum absolute atomic E-state index is 11.8. The van der Waals surface area contributed by atoms with E-state index >= 15 is 0 Å². The van der Waals surface area contributed by atoms with Gasteiger partial charge in [0.2, 0.25) is 0 Å². The first-order chi connectivity index (χ1) is 11.7. The molecule has 0 radical (unpaired) electrons. The van der Waals surface area contributed by atoms with Gasteiger partial charge in [0.25, 0.3) is 0 Å². The molecule has 24 heavy (non-hydrogen) atoms. The number of nitrogens with zero attached hydrogens (tertiary/aromatic N) is 2. The highest BCUT2D eigenvalue weighted by Crippen LogP contribution is 2.18. The Labute approximate surface area is 139 Å². The summed E-state index contributed by atoms with van der Waals surface area (Å²) in [6, 6.07) is 5.33. The van der Waals surface area contributed by atoms with Crippen molar-refractivity contribution in [3.8, 4) is 0 Å². The number of hydrogen-bond acceptors (Lipinski definition) is 6. The molecule has 1 fully saturated rings. The van der Waals surface area contributed by atoms with E-state index in [1.165, 1.54) is 12.3 Å². The van der Waals surface area contributed by atoms with Crippen LogP contribution in [-0.4, -0.2) is 41.5 Å². The molecule has 0 spiro atoms. The lowest BCUT2D eigenvalue weighted by Gasteiger charge is -2.31. The molecule has 0 unspecified atom stereocenters. The van der Waals surface area contributed by atoms with Crippen molar-refractivity contribution in [3.63, 3.8) is 0 Å². The van der Waals surface area contributed by atoms with Crippen LogP contribution in [0.15, 0.2) is 39.7 Å². The van der Waals surface area contributed by atoms with Gasteiger partial charge in [0, 0.05) is 12.6 Å². The summed E-state index contributed by atoms with van der Waals surface area (Å²) in [7, 11) is 0. The monoisotopic (exact) mass is 332 g/mol. The van der Waals surface area contributed by atoms with E-state index in [4.69, 9.17) is 4.42 Å². The first-order valence-corrected chi connectivity index (χ1v) is 7.95. The average Bonchev–Trinajstić information content (AvgIpc) is 3.28. The number of rotatable bonds is 5. The van der Waals surface area contributed by atoms with Crippen molar-refractivity contribution < 1.29 is 18.5 Å². The van der Waals surface area contributed by atoms with E-state index in [1.54, 1.807) is 6.26 Å². The van der Waals surface area contributed by atoms with Crippen LogP contribution >= 0.6 is 0 Å². The number of carbonyl (C=O) groups is 2. The number of amides is 2. The highest BCUT2D eigenvalue weighted by molar-refractivity contribution is 6.39. The van der Waals surface area contributed by atoms with Crippen LogP contribution in [0.1, 0.15) is 18.6 Å². The highest BCUT2D eigenvalue weighted by Gasteiger charge is 2.22. The summed E-state index contributed by atoms with van der Waals surface area (Å²) >= 11 is 0. The third-order valence-electron chi connectivity index (χ3n) is 4.10. The van der Waals surface area contributed by atoms with Crippen LogP contribution in [0.4, 0.5) is 5.82 Å². The van der Waals surface area contributed by atoms with Crippen LogP contribution in [0.5, 0.6) is 0 Å². The maximum Gasteiger partial charge on any atom is 0.314 e. The molecular weight excluding hydrogens is 312 g/mol. The van der Waals surface area contributed by atoms with Crippen molar-refractivity contribution in [2.24, 2.45) is 5.92 Å². The normalized spacial score (nSPS) is 16.0. The van der Waals surface area contributed by atoms with Gasteiger partial charge in [-0.25, -0.2) is 0 Å². The third-order valence-corrected chi connectivity index (χ3v) is 4.10. The van der Waals surface area contributed by atoms with Gasteiger partial charge in [0.05, 0.1) is 12.8 Å². The predicted molar refractivity (Wildman–Crippen MR) is 84.9 cm³/mol. The molecule has 128 valence electrons. The number of furan rings is 1. The zero-order valence-electron chi connectivity index (χ0n) is 13.2. The quantitative estimate of drug-likeness (QED) is 0.799. The fraction of sp³-hybridized carbons (Fsp3) is 0.438. The summed E-state index contributed by atoms with van der Waals surface area (Å²) in [4.78, 5) is 25.8. The second kappa shape index (κ2) is 7.78. The van der Waals surface area contributed by atoms with Gasteiger partial charge in [0.1, 0.15) is 12.0 Å². The van der Waals surface area contributed by atoms with Crippen molar-refractivity contribution in [1.29, 1.82) is 0 Å². The van der Waals surface area contributed by atoms with E-state index in [2.05, 4.69) is 25.2 Å². The molecule has 2 aromatic rings. The summed E-state index contributed by atoms with van der Waals surface area (Å²) in [6.45, 7) is 3.21. The summed E-state index contributed by atoms with van der Waals surface area (Å²) in [5.41, 5.74) is 0. The SMILES string of the molecule is O=C(NCC1CCN(Cc2ccco2)CC1)C(=O)Nc1ccon1. The average molecular weight is 332 g/mol. The Morgan fingerprint density at radius 1 is 1.21 bits per heavy atom. The number of likely N-dealkylation sites (tertiary alicyclic amines) is 1. The summed E-state index contributed by atoms with van der Waals surface area (Å²) < 4.78 is 9.95. The Morgan fingerprint density at radius 2 is 2.04 bits per heavy atom. The first kappa shape index (κ1) is 16.3. The molecule has 1 aliphatic rings. The Bertz CT molecular complexity index is 646. The second-order valence-electron chi connectivity index (χ2n) is 5.85. The van der Waals surface area contributed by atoms with E-state index in [-0.39, 0.29) is 5.82 Å². The molecule has 2 N–H and O–H groups in total. The molecule has 3 rings (SSSR count). The van der Waals surface area contributed by atoms with Gasteiger partial charge in [0.15, 0.2) is 5.82 Å². The van der Waals surface area contributed by atoms with Crippen LogP contribution in [0.25, 0.3) is 0 Å². The number of aromatic nitrogens is 1. The van der Waals surface area contributed by atoms with Gasteiger partial charge in [-0.05, 0) is 44.0 Å². The van der Waals surface area contributed by atoms with E-state index in [0.717, 1.165) is 38.2 Å². The number of anilines is 1. The van der Waals surface area contributed by atoms with Crippen molar-refractivity contribution in [3.05, 3.63) is 36.5 Å².